The third kappa shape index (κ3) is 4.14. The van der Waals surface area contributed by atoms with E-state index in [1.54, 1.807) is 31.2 Å². The lowest BCUT2D eigenvalue weighted by atomic mass is 9.82. The molecule has 1 unspecified atom stereocenters. The van der Waals surface area contributed by atoms with Crippen molar-refractivity contribution in [3.63, 3.8) is 0 Å². The lowest BCUT2D eigenvalue weighted by molar-refractivity contribution is -0.144. The number of Topliss-reactive ketones (excluding diaryl/α,β-unsaturated/α-hetero) is 1. The third-order valence-corrected chi connectivity index (χ3v) is 9.60. The second kappa shape index (κ2) is 10.4. The SMILES string of the molecule is CCN1C(=O)C2(/C(=C(\O)c3ccc(S(=O)(=O)N(C)C)cc3)C(=O)C(=O)N2CCN2CCOCC2)c2ccccc21. The molecule has 12 heteroatoms. The number of anilines is 1. The Morgan fingerprint density at radius 1 is 1.00 bits per heavy atom. The first-order valence-electron chi connectivity index (χ1n) is 13.1. The van der Waals surface area contributed by atoms with Gasteiger partial charge < -0.3 is 19.6 Å². The highest BCUT2D eigenvalue weighted by molar-refractivity contribution is 7.89. The Labute approximate surface area is 233 Å². The summed E-state index contributed by atoms with van der Waals surface area (Å²) in [6.45, 7) is 5.01. The summed E-state index contributed by atoms with van der Waals surface area (Å²) in [5, 5.41) is 11.6. The highest BCUT2D eigenvalue weighted by Crippen LogP contribution is 2.53. The van der Waals surface area contributed by atoms with Crippen molar-refractivity contribution in [1.82, 2.24) is 14.1 Å². The van der Waals surface area contributed by atoms with Gasteiger partial charge in [0.05, 0.1) is 29.4 Å². The molecular weight excluding hydrogens is 536 g/mol. The van der Waals surface area contributed by atoms with Gasteiger partial charge in [0.2, 0.25) is 10.0 Å². The lowest BCUT2D eigenvalue weighted by Crippen LogP contribution is -2.54. The monoisotopic (exact) mass is 568 g/mol. The number of amides is 2. The first-order valence-corrected chi connectivity index (χ1v) is 14.5. The maximum Gasteiger partial charge on any atom is 0.296 e. The van der Waals surface area contributed by atoms with E-state index in [1.165, 1.54) is 48.2 Å². The number of fused-ring (bicyclic) bond motifs is 2. The summed E-state index contributed by atoms with van der Waals surface area (Å²) in [5.74, 6) is -2.87. The number of carbonyl (C=O) groups is 3. The molecule has 2 aromatic carbocycles. The fourth-order valence-corrected chi connectivity index (χ4v) is 6.59. The van der Waals surface area contributed by atoms with E-state index in [0.29, 0.717) is 50.6 Å². The Morgan fingerprint density at radius 2 is 1.65 bits per heavy atom. The minimum atomic E-state index is -3.73. The van der Waals surface area contributed by atoms with Gasteiger partial charge in [-0.1, -0.05) is 18.2 Å². The smallest absolute Gasteiger partial charge is 0.296 e. The second-order valence-corrected chi connectivity index (χ2v) is 12.2. The maximum atomic E-state index is 14.3. The van der Waals surface area contributed by atoms with Gasteiger partial charge in [0.1, 0.15) is 5.76 Å². The molecule has 0 aliphatic carbocycles. The highest BCUT2D eigenvalue weighted by Gasteiger charge is 2.66. The van der Waals surface area contributed by atoms with Crippen LogP contribution in [0.2, 0.25) is 0 Å². The molecular formula is C28H32N4O7S. The zero-order valence-electron chi connectivity index (χ0n) is 22.7. The van der Waals surface area contributed by atoms with E-state index in [1.807, 2.05) is 0 Å². The van der Waals surface area contributed by atoms with E-state index >= 15 is 0 Å². The van der Waals surface area contributed by atoms with E-state index < -0.39 is 38.9 Å². The van der Waals surface area contributed by atoms with Crippen molar-refractivity contribution in [3.8, 4) is 0 Å². The molecule has 2 amide bonds. The number of hydrogen-bond acceptors (Lipinski definition) is 8. The number of nitrogens with zero attached hydrogens (tertiary/aromatic N) is 4. The molecule has 2 saturated heterocycles. The van der Waals surface area contributed by atoms with Gasteiger partial charge in [-0.05, 0) is 37.3 Å². The Hall–Kier alpha value is -3.58. The van der Waals surface area contributed by atoms with Crippen LogP contribution in [0, 0.1) is 0 Å². The number of morpholine rings is 1. The van der Waals surface area contributed by atoms with Crippen LogP contribution in [-0.2, 0) is 34.7 Å². The lowest BCUT2D eigenvalue weighted by Gasteiger charge is -2.36. The number of carbonyl (C=O) groups excluding carboxylic acids is 3. The van der Waals surface area contributed by atoms with E-state index in [-0.39, 0.29) is 22.6 Å². The number of likely N-dealkylation sites (N-methyl/N-ethyl adjacent to an activating group) is 1. The van der Waals surface area contributed by atoms with Gasteiger partial charge in [-0.2, -0.15) is 0 Å². The van der Waals surface area contributed by atoms with Crippen LogP contribution >= 0.6 is 0 Å². The second-order valence-electron chi connectivity index (χ2n) is 10.1. The zero-order chi connectivity index (χ0) is 28.8. The summed E-state index contributed by atoms with van der Waals surface area (Å²) in [5.41, 5.74) is -1.06. The number of sulfonamides is 1. The number of likely N-dealkylation sites (tertiary alicyclic amines) is 1. The zero-order valence-corrected chi connectivity index (χ0v) is 23.5. The predicted octanol–water partition coefficient (Wildman–Crippen LogP) is 1.21. The molecule has 5 rings (SSSR count). The fraction of sp³-hybridized carbons (Fsp3) is 0.393. The molecule has 212 valence electrons. The van der Waals surface area contributed by atoms with Gasteiger partial charge in [-0.3, -0.25) is 19.3 Å². The van der Waals surface area contributed by atoms with Gasteiger partial charge in [-0.15, -0.1) is 0 Å². The summed E-state index contributed by atoms with van der Waals surface area (Å²) in [4.78, 5) is 46.5. The number of para-hydroxylation sites is 1. The van der Waals surface area contributed by atoms with Crippen LogP contribution in [0.15, 0.2) is 59.0 Å². The molecule has 0 aromatic heterocycles. The minimum absolute atomic E-state index is 0.00540. The average molecular weight is 569 g/mol. The molecule has 1 atom stereocenters. The summed E-state index contributed by atoms with van der Waals surface area (Å²) in [7, 11) is -0.922. The van der Waals surface area contributed by atoms with Crippen LogP contribution < -0.4 is 4.90 Å². The number of ether oxygens (including phenoxy) is 1. The number of hydrogen-bond donors (Lipinski definition) is 1. The summed E-state index contributed by atoms with van der Waals surface area (Å²) >= 11 is 0. The van der Waals surface area contributed by atoms with Crippen molar-refractivity contribution in [3.05, 3.63) is 65.2 Å². The molecule has 1 N–H and O–H groups in total. The van der Waals surface area contributed by atoms with Crippen molar-refractivity contribution >= 4 is 39.1 Å². The van der Waals surface area contributed by atoms with E-state index in [9.17, 15) is 27.9 Å². The van der Waals surface area contributed by atoms with Crippen molar-refractivity contribution in [2.45, 2.75) is 17.4 Å². The molecule has 3 aliphatic rings. The Morgan fingerprint density at radius 3 is 2.27 bits per heavy atom. The molecule has 0 radical (unpaired) electrons. The van der Waals surface area contributed by atoms with Gasteiger partial charge >= 0.3 is 0 Å². The van der Waals surface area contributed by atoms with Crippen molar-refractivity contribution in [2.75, 3.05) is 64.9 Å². The van der Waals surface area contributed by atoms with Crippen LogP contribution in [0.25, 0.3) is 5.76 Å². The molecule has 0 saturated carbocycles. The largest absolute Gasteiger partial charge is 0.507 e. The van der Waals surface area contributed by atoms with E-state index in [0.717, 1.165) is 4.31 Å². The molecule has 3 heterocycles. The maximum absolute atomic E-state index is 14.3. The van der Waals surface area contributed by atoms with Crippen LogP contribution in [0.3, 0.4) is 0 Å². The summed E-state index contributed by atoms with van der Waals surface area (Å²) in [6.07, 6.45) is 0. The quantitative estimate of drug-likeness (QED) is 0.300. The Balaban J connectivity index is 1.68. The minimum Gasteiger partial charge on any atom is -0.507 e. The number of rotatable bonds is 7. The van der Waals surface area contributed by atoms with E-state index in [2.05, 4.69) is 4.90 Å². The number of benzene rings is 2. The fourth-order valence-electron chi connectivity index (χ4n) is 5.69. The number of ketones is 1. The van der Waals surface area contributed by atoms with Crippen molar-refractivity contribution < 1.29 is 32.6 Å². The first-order chi connectivity index (χ1) is 19.1. The highest BCUT2D eigenvalue weighted by atomic mass is 32.2. The number of aliphatic hydroxyl groups excluding tert-OH is 1. The normalized spacial score (nSPS) is 23.1. The molecule has 11 nitrogen and oxygen atoms in total. The summed E-state index contributed by atoms with van der Waals surface area (Å²) < 4.78 is 31.6. The summed E-state index contributed by atoms with van der Waals surface area (Å²) in [6, 6.07) is 12.3. The average Bonchev–Trinajstić information content (AvgIpc) is 3.34. The Bertz CT molecular complexity index is 1500. The van der Waals surface area contributed by atoms with Crippen LogP contribution in [0.1, 0.15) is 18.1 Å². The predicted molar refractivity (Wildman–Crippen MR) is 147 cm³/mol. The van der Waals surface area contributed by atoms with Gasteiger partial charge in [0, 0.05) is 57.9 Å². The van der Waals surface area contributed by atoms with Crippen molar-refractivity contribution in [2.24, 2.45) is 0 Å². The van der Waals surface area contributed by atoms with Crippen LogP contribution in [0.4, 0.5) is 5.69 Å². The van der Waals surface area contributed by atoms with Gasteiger partial charge in [0.15, 0.2) is 5.54 Å². The van der Waals surface area contributed by atoms with E-state index in [4.69, 9.17) is 4.74 Å². The van der Waals surface area contributed by atoms with Crippen LogP contribution in [-0.4, -0.2) is 105 Å². The molecule has 40 heavy (non-hydrogen) atoms. The molecule has 2 fully saturated rings. The topological polar surface area (TPSA) is 128 Å². The molecule has 0 bridgehead atoms. The first kappa shape index (κ1) is 28.0. The number of aliphatic hydroxyl groups is 1. The standard InChI is InChI=1S/C28H32N4O7S/c1-4-31-22-8-6-5-7-21(22)28(27(31)36)23(24(33)19-9-11-20(12-10-19)40(37,38)29(2)3)25(34)26(35)32(28)14-13-30-15-17-39-18-16-30/h5-12,33H,4,13-18H2,1-3H3/b24-23-. The Kier molecular flexibility index (Phi) is 7.29. The molecule has 3 aliphatic heterocycles. The van der Waals surface area contributed by atoms with Crippen LogP contribution in [0.5, 0.6) is 0 Å². The molecule has 2 aromatic rings. The van der Waals surface area contributed by atoms with Crippen molar-refractivity contribution in [1.29, 1.82) is 0 Å². The third-order valence-electron chi connectivity index (χ3n) is 7.78. The molecule has 1 spiro atoms. The van der Waals surface area contributed by atoms with Gasteiger partial charge in [-0.25, -0.2) is 12.7 Å². The van der Waals surface area contributed by atoms with Gasteiger partial charge in [0.25, 0.3) is 17.6 Å².